The monoisotopic (exact) mass is 592 g/mol. The van der Waals surface area contributed by atoms with Crippen LogP contribution < -0.4 is 5.32 Å². The number of halogens is 3. The first-order valence-electron chi connectivity index (χ1n) is 12.3. The van der Waals surface area contributed by atoms with Crippen molar-refractivity contribution >= 4 is 49.3 Å². The van der Waals surface area contributed by atoms with Crippen molar-refractivity contribution in [1.82, 2.24) is 18.5 Å². The third kappa shape index (κ3) is 4.41. The van der Waals surface area contributed by atoms with Gasteiger partial charge in [0.1, 0.15) is 0 Å². The first-order valence-corrected chi connectivity index (χ1v) is 13.7. The number of fused-ring (bicyclic) bond motifs is 2. The Morgan fingerprint density at radius 1 is 0.905 bits per heavy atom. The second-order valence-corrected chi connectivity index (χ2v) is 11.4. The summed E-state index contributed by atoms with van der Waals surface area (Å²) < 4.78 is 72.2. The summed E-state index contributed by atoms with van der Waals surface area (Å²) in [6.45, 7) is 1.82. The molecule has 0 bridgehead atoms. The van der Waals surface area contributed by atoms with Gasteiger partial charge in [0.15, 0.2) is 17.3 Å². The number of rotatable bonds is 6. The van der Waals surface area contributed by atoms with Crippen LogP contribution in [0, 0.1) is 34.5 Å². The highest BCUT2D eigenvalue weighted by molar-refractivity contribution is 7.90. The summed E-state index contributed by atoms with van der Waals surface area (Å²) in [6.07, 6.45) is 2.89. The van der Waals surface area contributed by atoms with Gasteiger partial charge in [-0.2, -0.15) is 9.37 Å². The van der Waals surface area contributed by atoms with Crippen molar-refractivity contribution in [3.63, 3.8) is 0 Å². The maximum atomic E-state index is 14.3. The van der Waals surface area contributed by atoms with Crippen molar-refractivity contribution in [2.45, 2.75) is 11.8 Å². The molecular weight excluding hydrogens is 573 g/mol. The first-order chi connectivity index (χ1) is 19.9. The van der Waals surface area contributed by atoms with E-state index in [0.29, 0.717) is 16.5 Å². The molecule has 10 nitrogen and oxygen atoms in total. The minimum Gasteiger partial charge on any atom is -0.350 e. The zero-order valence-corrected chi connectivity index (χ0v) is 22.7. The number of hydrogen-bond donors (Lipinski definition) is 1. The molecule has 0 saturated carbocycles. The number of nitro benzene ring substituents is 1. The molecule has 0 amide bonds. The molecule has 0 aliphatic rings. The zero-order chi connectivity index (χ0) is 29.9. The maximum Gasteiger partial charge on any atom is 0.306 e. The van der Waals surface area contributed by atoms with Crippen LogP contribution in [-0.4, -0.2) is 31.8 Å². The van der Waals surface area contributed by atoms with Gasteiger partial charge in [-0.3, -0.25) is 10.1 Å². The predicted octanol–water partition coefficient (Wildman–Crippen LogP) is 6.20. The van der Waals surface area contributed by atoms with Crippen LogP contribution in [0.3, 0.4) is 0 Å². The van der Waals surface area contributed by atoms with Crippen LogP contribution in [0.15, 0.2) is 78.0 Å². The molecule has 6 rings (SSSR count). The Balaban J connectivity index is 1.61. The fourth-order valence-electron chi connectivity index (χ4n) is 4.70. The molecule has 0 saturated heterocycles. The smallest absolute Gasteiger partial charge is 0.306 e. The number of benzene rings is 3. The lowest BCUT2D eigenvalue weighted by atomic mass is 10.1. The highest BCUT2D eigenvalue weighted by atomic mass is 32.2. The van der Waals surface area contributed by atoms with Gasteiger partial charge in [-0.15, -0.1) is 0 Å². The summed E-state index contributed by atoms with van der Waals surface area (Å²) in [6, 6.07) is 12.8. The third-order valence-corrected chi connectivity index (χ3v) is 8.45. The number of nitrogens with one attached hydrogen (secondary N) is 1. The number of anilines is 2. The molecule has 0 spiro atoms. The van der Waals surface area contributed by atoms with E-state index in [1.807, 2.05) is 6.92 Å². The minimum atomic E-state index is -4.16. The number of nitrogens with zero attached hydrogens (tertiary/aromatic N) is 5. The van der Waals surface area contributed by atoms with E-state index in [9.17, 15) is 31.7 Å². The van der Waals surface area contributed by atoms with E-state index >= 15 is 0 Å². The molecule has 0 fully saturated rings. The molecule has 3 aromatic carbocycles. The first kappa shape index (κ1) is 27.0. The summed E-state index contributed by atoms with van der Waals surface area (Å²) in [4.78, 5) is 19.3. The normalized spacial score (nSPS) is 11.8. The van der Waals surface area contributed by atoms with Crippen LogP contribution in [-0.2, 0) is 17.1 Å². The standard InChI is InChI=1S/C28H19F3N6O4S/c1-15-3-6-17(7-4-15)42(40,41)36-10-9-18-26(20-14-35(2)24-13-23(31)22(30)12-19(20)24)33-28(34-27(18)36)32-16-5-8-21(29)25(11-16)37(38)39/h3-14H,1-2H3,(H,32,33,34). The molecule has 3 heterocycles. The lowest BCUT2D eigenvalue weighted by Crippen LogP contribution is -2.13. The fourth-order valence-corrected chi connectivity index (χ4v) is 5.99. The quantitative estimate of drug-likeness (QED) is 0.180. The average Bonchev–Trinajstić information content (AvgIpc) is 3.51. The minimum absolute atomic E-state index is 0.00265. The second kappa shape index (κ2) is 9.69. The Morgan fingerprint density at radius 2 is 1.62 bits per heavy atom. The predicted molar refractivity (Wildman–Crippen MR) is 149 cm³/mol. The van der Waals surface area contributed by atoms with E-state index in [4.69, 9.17) is 0 Å². The van der Waals surface area contributed by atoms with Crippen LogP contribution in [0.2, 0.25) is 0 Å². The van der Waals surface area contributed by atoms with E-state index in [1.165, 1.54) is 30.5 Å². The van der Waals surface area contributed by atoms with Crippen molar-refractivity contribution in [2.75, 3.05) is 5.32 Å². The lowest BCUT2D eigenvalue weighted by Gasteiger charge is -2.11. The van der Waals surface area contributed by atoms with Crippen molar-refractivity contribution in [3.8, 4) is 11.3 Å². The van der Waals surface area contributed by atoms with Crippen LogP contribution in [0.5, 0.6) is 0 Å². The third-order valence-electron chi connectivity index (χ3n) is 6.77. The topological polar surface area (TPSA) is 125 Å². The van der Waals surface area contributed by atoms with E-state index in [0.717, 1.165) is 33.8 Å². The highest BCUT2D eigenvalue weighted by Crippen LogP contribution is 2.37. The maximum absolute atomic E-state index is 14.3. The molecule has 6 aromatic rings. The van der Waals surface area contributed by atoms with Gasteiger partial charge in [-0.1, -0.05) is 17.7 Å². The Hall–Kier alpha value is -5.24. The molecule has 0 unspecified atom stereocenters. The Kier molecular flexibility index (Phi) is 6.22. The molecule has 42 heavy (non-hydrogen) atoms. The summed E-state index contributed by atoms with van der Waals surface area (Å²) in [7, 11) is -2.53. The van der Waals surface area contributed by atoms with E-state index in [1.54, 1.807) is 29.9 Å². The van der Waals surface area contributed by atoms with Crippen LogP contribution in [0.4, 0.5) is 30.5 Å². The summed E-state index contributed by atoms with van der Waals surface area (Å²) in [5, 5.41) is 14.6. The van der Waals surface area contributed by atoms with Crippen LogP contribution in [0.1, 0.15) is 5.56 Å². The molecule has 0 atom stereocenters. The summed E-state index contributed by atoms with van der Waals surface area (Å²) >= 11 is 0. The van der Waals surface area contributed by atoms with E-state index in [-0.39, 0.29) is 33.3 Å². The molecule has 212 valence electrons. The lowest BCUT2D eigenvalue weighted by molar-refractivity contribution is -0.387. The highest BCUT2D eigenvalue weighted by Gasteiger charge is 2.25. The van der Waals surface area contributed by atoms with E-state index in [2.05, 4.69) is 15.3 Å². The largest absolute Gasteiger partial charge is 0.350 e. The van der Waals surface area contributed by atoms with Gasteiger partial charge in [0.2, 0.25) is 11.8 Å². The van der Waals surface area contributed by atoms with Crippen molar-refractivity contribution in [2.24, 2.45) is 7.05 Å². The van der Waals surface area contributed by atoms with Crippen molar-refractivity contribution in [1.29, 1.82) is 0 Å². The molecule has 0 radical (unpaired) electrons. The Bertz CT molecular complexity index is 2180. The molecule has 3 aromatic heterocycles. The van der Waals surface area contributed by atoms with Crippen molar-refractivity contribution in [3.05, 3.63) is 106 Å². The number of hydrogen-bond acceptors (Lipinski definition) is 7. The zero-order valence-electron chi connectivity index (χ0n) is 21.8. The van der Waals surface area contributed by atoms with Gasteiger partial charge in [-0.05, 0) is 43.3 Å². The van der Waals surface area contributed by atoms with Gasteiger partial charge in [0.05, 0.1) is 21.0 Å². The van der Waals surface area contributed by atoms with Gasteiger partial charge < -0.3 is 9.88 Å². The SMILES string of the molecule is Cc1ccc(S(=O)(=O)n2ccc3c(-c4cn(C)c5cc(F)c(F)cc45)nc(Nc4ccc(F)c([N+](=O)[O-])c4)nc32)cc1. The molecule has 0 aliphatic carbocycles. The van der Waals surface area contributed by atoms with E-state index < -0.39 is 38.1 Å². The molecule has 1 N–H and O–H groups in total. The van der Waals surface area contributed by atoms with Crippen molar-refractivity contribution < 1.29 is 26.5 Å². The molecular formula is C28H19F3N6O4S. The summed E-state index contributed by atoms with van der Waals surface area (Å²) in [5.74, 6) is -3.36. The van der Waals surface area contributed by atoms with Crippen LogP contribution in [0.25, 0.3) is 33.2 Å². The Labute approximate surface area is 235 Å². The summed E-state index contributed by atoms with van der Waals surface area (Å²) in [5.41, 5.74) is 0.934. The fraction of sp³-hybridized carbons (Fsp3) is 0.0714. The van der Waals surface area contributed by atoms with Gasteiger partial charge >= 0.3 is 5.69 Å². The number of aromatic nitrogens is 4. The number of aryl methyl sites for hydroxylation is 2. The van der Waals surface area contributed by atoms with Gasteiger partial charge in [0.25, 0.3) is 10.0 Å². The average molecular weight is 593 g/mol. The molecule has 14 heteroatoms. The Morgan fingerprint density at radius 3 is 2.33 bits per heavy atom. The number of nitro groups is 1. The molecule has 0 aliphatic heterocycles. The van der Waals surface area contributed by atoms with Gasteiger partial charge in [0, 0.05) is 53.6 Å². The van der Waals surface area contributed by atoms with Crippen LogP contribution >= 0.6 is 0 Å². The van der Waals surface area contributed by atoms with Gasteiger partial charge in [-0.25, -0.2) is 26.2 Å². The second-order valence-electron chi connectivity index (χ2n) is 9.55.